The zero-order valence-corrected chi connectivity index (χ0v) is 20.3. The van der Waals surface area contributed by atoms with E-state index in [1.807, 2.05) is 0 Å². The van der Waals surface area contributed by atoms with Crippen molar-refractivity contribution in [3.8, 4) is 0 Å². The van der Waals surface area contributed by atoms with Gasteiger partial charge >= 0.3 is 0 Å². The Morgan fingerprint density at radius 1 is 0.967 bits per heavy atom. The summed E-state index contributed by atoms with van der Waals surface area (Å²) in [4.78, 5) is 15.9. The largest absolute Gasteiger partial charge is 0.351 e. The molecule has 4 nitrogen and oxygen atoms in total. The Labute approximate surface area is 187 Å². The molecule has 0 saturated carbocycles. The van der Waals surface area contributed by atoms with Crippen LogP contribution in [-0.2, 0) is 4.79 Å². The second-order valence-corrected chi connectivity index (χ2v) is 9.12. The molecule has 2 atom stereocenters. The maximum atomic E-state index is 11.2. The van der Waals surface area contributed by atoms with Crippen LogP contribution in [0.1, 0.15) is 111 Å². The predicted molar refractivity (Wildman–Crippen MR) is 131 cm³/mol. The minimum Gasteiger partial charge on any atom is -0.351 e. The number of carbonyl (C=O) groups is 1. The second kappa shape index (κ2) is 17.5. The summed E-state index contributed by atoms with van der Waals surface area (Å²) < 4.78 is 0.975. The third-order valence-electron chi connectivity index (χ3n) is 6.65. The second-order valence-electron chi connectivity index (χ2n) is 9.12. The lowest BCUT2D eigenvalue weighted by atomic mass is 10.0. The van der Waals surface area contributed by atoms with Crippen LogP contribution in [0.15, 0.2) is 17.1 Å². The van der Waals surface area contributed by atoms with E-state index in [4.69, 9.17) is 4.99 Å². The third kappa shape index (κ3) is 11.9. The van der Waals surface area contributed by atoms with Gasteiger partial charge in [0.05, 0.1) is 25.8 Å². The maximum absolute atomic E-state index is 11.2. The highest BCUT2D eigenvalue weighted by Gasteiger charge is 2.36. The molecule has 0 saturated heterocycles. The number of amides is 1. The molecule has 0 fully saturated rings. The fourth-order valence-corrected chi connectivity index (χ4v) is 4.51. The molecule has 1 aliphatic heterocycles. The van der Waals surface area contributed by atoms with Crippen molar-refractivity contribution in [3.63, 3.8) is 0 Å². The summed E-state index contributed by atoms with van der Waals surface area (Å²) in [6.07, 6.45) is 26.2. The Balaban J connectivity index is 2.03. The van der Waals surface area contributed by atoms with Crippen LogP contribution < -0.4 is 5.32 Å². The highest BCUT2D eigenvalue weighted by molar-refractivity contribution is 5.72. The van der Waals surface area contributed by atoms with E-state index in [2.05, 4.69) is 37.5 Å². The lowest BCUT2D eigenvalue weighted by Gasteiger charge is -2.37. The van der Waals surface area contributed by atoms with Gasteiger partial charge in [-0.25, -0.2) is 4.99 Å². The Bertz CT molecular complexity index is 489. The maximum Gasteiger partial charge on any atom is 0.217 e. The van der Waals surface area contributed by atoms with Crippen LogP contribution in [-0.4, -0.2) is 48.9 Å². The van der Waals surface area contributed by atoms with Crippen LogP contribution >= 0.6 is 0 Å². The lowest BCUT2D eigenvalue weighted by Crippen LogP contribution is -2.55. The molecule has 2 unspecified atom stereocenters. The summed E-state index contributed by atoms with van der Waals surface area (Å²) >= 11 is 0. The number of nitrogens with zero attached hydrogens (tertiary/aromatic N) is 2. The van der Waals surface area contributed by atoms with Gasteiger partial charge in [-0.05, 0) is 19.8 Å². The van der Waals surface area contributed by atoms with Crippen LogP contribution in [0, 0.1) is 0 Å². The number of quaternary nitrogens is 1. The summed E-state index contributed by atoms with van der Waals surface area (Å²) in [6, 6.07) is 0. The summed E-state index contributed by atoms with van der Waals surface area (Å²) in [6.45, 7) is 9.88. The number of allylic oxidation sites excluding steroid dienone is 1. The van der Waals surface area contributed by atoms with E-state index in [0.717, 1.165) is 37.1 Å². The Morgan fingerprint density at radius 3 is 2.13 bits per heavy atom. The molecule has 1 aliphatic rings. The van der Waals surface area contributed by atoms with Gasteiger partial charge in [-0.3, -0.25) is 9.28 Å². The Hall–Kier alpha value is -1.16. The van der Waals surface area contributed by atoms with Crippen LogP contribution in [0.4, 0.5) is 0 Å². The topological polar surface area (TPSA) is 41.5 Å². The quantitative estimate of drug-likeness (QED) is 0.146. The summed E-state index contributed by atoms with van der Waals surface area (Å²) in [5, 5.41) is 2.95. The predicted octanol–water partition coefficient (Wildman–Crippen LogP) is 6.41. The van der Waals surface area contributed by atoms with Crippen molar-refractivity contribution in [2.75, 3.05) is 26.2 Å². The number of nitrogens with one attached hydrogen (secondary N) is 1. The van der Waals surface area contributed by atoms with Crippen LogP contribution in [0.5, 0.6) is 0 Å². The molecule has 0 radical (unpaired) electrons. The van der Waals surface area contributed by atoms with Gasteiger partial charge in [0.1, 0.15) is 6.54 Å². The number of hydrogen-bond donors (Lipinski definition) is 1. The molecule has 0 bridgehead atoms. The van der Waals surface area contributed by atoms with E-state index in [9.17, 15) is 4.79 Å². The van der Waals surface area contributed by atoms with Crippen molar-refractivity contribution in [3.05, 3.63) is 12.2 Å². The summed E-state index contributed by atoms with van der Waals surface area (Å²) in [7, 11) is 0. The van der Waals surface area contributed by atoms with Crippen LogP contribution in [0.3, 0.4) is 0 Å². The lowest BCUT2D eigenvalue weighted by molar-refractivity contribution is -0.934. The average Bonchev–Trinajstić information content (AvgIpc) is 3.13. The average molecular weight is 421 g/mol. The van der Waals surface area contributed by atoms with E-state index in [1.54, 1.807) is 6.92 Å². The first-order valence-corrected chi connectivity index (χ1v) is 12.9. The molecule has 0 aliphatic carbocycles. The monoisotopic (exact) mass is 420 g/mol. The molecule has 0 spiro atoms. The fraction of sp³-hybridized carbons (Fsp3) is 0.846. The van der Waals surface area contributed by atoms with Crippen molar-refractivity contribution in [2.45, 2.75) is 117 Å². The van der Waals surface area contributed by atoms with Gasteiger partial charge in [-0.1, -0.05) is 89.7 Å². The first-order chi connectivity index (χ1) is 14.6. The number of likely N-dealkylation sites (N-methyl/N-ethyl adjacent to an activating group) is 1. The van der Waals surface area contributed by atoms with Crippen molar-refractivity contribution >= 4 is 12.1 Å². The van der Waals surface area contributed by atoms with Gasteiger partial charge in [-0.2, -0.15) is 0 Å². The number of rotatable bonds is 19. The minimum atomic E-state index is 0.0585. The zero-order valence-electron chi connectivity index (χ0n) is 20.3. The molecular formula is C26H50N3O+. The van der Waals surface area contributed by atoms with E-state index < -0.39 is 0 Å². The third-order valence-corrected chi connectivity index (χ3v) is 6.65. The van der Waals surface area contributed by atoms with Crippen LogP contribution in [0.2, 0.25) is 0 Å². The van der Waals surface area contributed by atoms with Gasteiger partial charge in [0.25, 0.3) is 0 Å². The van der Waals surface area contributed by atoms with Crippen molar-refractivity contribution in [1.82, 2.24) is 5.32 Å². The van der Waals surface area contributed by atoms with Crippen molar-refractivity contribution < 1.29 is 9.28 Å². The number of aliphatic imine (C=N–C) groups is 1. The number of carbonyl (C=O) groups excluding carboxylic acids is 1. The highest BCUT2D eigenvalue weighted by Crippen LogP contribution is 2.22. The summed E-state index contributed by atoms with van der Waals surface area (Å²) in [5.41, 5.74) is 0. The molecule has 174 valence electrons. The molecule has 0 aromatic heterocycles. The molecule has 4 heteroatoms. The highest BCUT2D eigenvalue weighted by atomic mass is 16.1. The molecule has 1 N–H and O–H groups in total. The van der Waals surface area contributed by atoms with Gasteiger partial charge in [0.15, 0.2) is 6.17 Å². The molecule has 1 amide bonds. The summed E-state index contributed by atoms with van der Waals surface area (Å²) in [5.74, 6) is 0.0585. The van der Waals surface area contributed by atoms with Gasteiger partial charge in [-0.15, -0.1) is 0 Å². The Morgan fingerprint density at radius 2 is 1.57 bits per heavy atom. The van der Waals surface area contributed by atoms with E-state index >= 15 is 0 Å². The fourth-order valence-electron chi connectivity index (χ4n) is 4.51. The standard InChI is InChI=1S/C26H49N3O/c1-4-6-7-8-9-10-11-12-13-14-15-16-17-18-19-20-26-28-22-24-29(26,5-2)23-21-27-25(3)30/h18-19,22,26H,4-17,20-21,23-24H2,1-3H3/p+1/b19-18+. The van der Waals surface area contributed by atoms with E-state index in [-0.39, 0.29) is 5.91 Å². The van der Waals surface area contributed by atoms with Gasteiger partial charge in [0.2, 0.25) is 5.91 Å². The Kier molecular flexibility index (Phi) is 15.7. The first kappa shape index (κ1) is 26.9. The van der Waals surface area contributed by atoms with E-state index in [0.29, 0.717) is 6.17 Å². The minimum absolute atomic E-state index is 0.0585. The van der Waals surface area contributed by atoms with Crippen molar-refractivity contribution in [1.29, 1.82) is 0 Å². The van der Waals surface area contributed by atoms with Crippen LogP contribution in [0.25, 0.3) is 0 Å². The molecule has 30 heavy (non-hydrogen) atoms. The smallest absolute Gasteiger partial charge is 0.217 e. The molecule has 1 rings (SSSR count). The van der Waals surface area contributed by atoms with Gasteiger partial charge in [0, 0.05) is 13.3 Å². The molecule has 0 aromatic carbocycles. The first-order valence-electron chi connectivity index (χ1n) is 12.9. The molecular weight excluding hydrogens is 370 g/mol. The number of unbranched alkanes of at least 4 members (excludes halogenated alkanes) is 12. The molecule has 1 heterocycles. The zero-order chi connectivity index (χ0) is 21.9. The van der Waals surface area contributed by atoms with Crippen molar-refractivity contribution in [2.24, 2.45) is 4.99 Å². The van der Waals surface area contributed by atoms with E-state index in [1.165, 1.54) is 83.5 Å². The normalized spacial score (nSPS) is 21.0. The number of hydrogen-bond acceptors (Lipinski definition) is 2. The SMILES string of the molecule is CCCCCCCCCCCCCC/C=C/CC1N=CC[N+]1(CC)CCNC(C)=O. The van der Waals surface area contributed by atoms with Gasteiger partial charge < -0.3 is 5.32 Å². The molecule has 0 aromatic rings.